The number of benzene rings is 1. The topological polar surface area (TPSA) is 53.5 Å². The molecule has 1 aliphatic rings. The van der Waals surface area contributed by atoms with Crippen LogP contribution in [0.2, 0.25) is 5.02 Å². The Labute approximate surface area is 176 Å². The van der Waals surface area contributed by atoms with Gasteiger partial charge in [-0.15, -0.1) is 24.0 Å². The average molecular weight is 498 g/mol. The van der Waals surface area contributed by atoms with Crippen LogP contribution in [0, 0.1) is 0 Å². The molecule has 1 aromatic carbocycles. The lowest BCUT2D eigenvalue weighted by Crippen LogP contribution is -2.47. The highest BCUT2D eigenvalue weighted by Gasteiger charge is 2.25. The van der Waals surface area contributed by atoms with Gasteiger partial charge < -0.3 is 10.6 Å². The molecule has 4 nitrogen and oxygen atoms in total. The second-order valence-electron chi connectivity index (χ2n) is 6.18. The summed E-state index contributed by atoms with van der Waals surface area (Å²) in [6, 6.07) is 8.29. The number of guanidine groups is 1. The summed E-state index contributed by atoms with van der Waals surface area (Å²) in [6.07, 6.45) is 5.20. The van der Waals surface area contributed by atoms with E-state index in [1.54, 1.807) is 7.05 Å². The Hall–Kier alpha value is -0.340. The molecule has 0 aromatic heterocycles. The van der Waals surface area contributed by atoms with E-state index in [-0.39, 0.29) is 24.0 Å². The van der Waals surface area contributed by atoms with Gasteiger partial charge >= 0.3 is 0 Å². The molecule has 7 heteroatoms. The molecule has 0 bridgehead atoms. The third kappa shape index (κ3) is 7.83. The van der Waals surface area contributed by atoms with Gasteiger partial charge in [-0.1, -0.05) is 37.1 Å². The minimum Gasteiger partial charge on any atom is -0.356 e. The highest BCUT2D eigenvalue weighted by Crippen LogP contribution is 2.22. The zero-order chi connectivity index (χ0) is 17.4. The van der Waals surface area contributed by atoms with Crippen LogP contribution in [-0.2, 0) is 17.2 Å². The fourth-order valence-corrected chi connectivity index (χ4v) is 4.72. The molecule has 142 valence electrons. The Balaban J connectivity index is 0.00000312. The number of hydrogen-bond acceptors (Lipinski definition) is 2. The van der Waals surface area contributed by atoms with Gasteiger partial charge in [-0.2, -0.15) is 0 Å². The summed E-state index contributed by atoms with van der Waals surface area (Å²) in [7, 11) is 1.09. The molecule has 0 saturated heterocycles. The van der Waals surface area contributed by atoms with Crippen LogP contribution in [0.25, 0.3) is 0 Å². The molecular formula is C18H29ClIN3OS. The zero-order valence-corrected chi connectivity index (χ0v) is 18.9. The molecule has 1 saturated carbocycles. The first kappa shape index (κ1) is 22.7. The van der Waals surface area contributed by atoms with Gasteiger partial charge in [-0.05, 0) is 43.4 Å². The van der Waals surface area contributed by atoms with Crippen molar-refractivity contribution < 1.29 is 4.21 Å². The number of nitrogens with zero attached hydrogens (tertiary/aromatic N) is 1. The Morgan fingerprint density at radius 2 is 2.20 bits per heavy atom. The highest BCUT2D eigenvalue weighted by atomic mass is 127. The monoisotopic (exact) mass is 497 g/mol. The molecule has 0 heterocycles. The second kappa shape index (κ2) is 12.1. The predicted molar refractivity (Wildman–Crippen MR) is 120 cm³/mol. The molecular weight excluding hydrogens is 469 g/mol. The van der Waals surface area contributed by atoms with E-state index in [1.165, 1.54) is 5.56 Å². The van der Waals surface area contributed by atoms with Crippen LogP contribution in [0.5, 0.6) is 0 Å². The molecule has 3 unspecified atom stereocenters. The summed E-state index contributed by atoms with van der Waals surface area (Å²) in [6.45, 7) is 2.81. The maximum absolute atomic E-state index is 12.1. The van der Waals surface area contributed by atoms with Gasteiger partial charge in [0.05, 0.1) is 0 Å². The second-order valence-corrected chi connectivity index (χ2v) is 8.62. The van der Waals surface area contributed by atoms with E-state index in [4.69, 9.17) is 11.6 Å². The van der Waals surface area contributed by atoms with Crippen molar-refractivity contribution in [2.45, 2.75) is 50.3 Å². The number of nitrogens with one attached hydrogen (secondary N) is 2. The van der Waals surface area contributed by atoms with E-state index in [0.717, 1.165) is 55.4 Å². The van der Waals surface area contributed by atoms with Crippen LogP contribution in [0.15, 0.2) is 29.3 Å². The Kier molecular flexibility index (Phi) is 11.0. The van der Waals surface area contributed by atoms with Gasteiger partial charge in [-0.25, -0.2) is 0 Å². The lowest BCUT2D eigenvalue weighted by atomic mass is 9.95. The normalized spacial score (nSPS) is 22.0. The molecule has 1 aliphatic carbocycles. The maximum Gasteiger partial charge on any atom is 0.191 e. The molecule has 0 radical (unpaired) electrons. The van der Waals surface area contributed by atoms with Gasteiger partial charge in [0.15, 0.2) is 5.96 Å². The quantitative estimate of drug-likeness (QED) is 0.358. The molecule has 2 N–H and O–H groups in total. The third-order valence-corrected chi connectivity index (χ3v) is 6.42. The number of hydrogen-bond donors (Lipinski definition) is 2. The molecule has 25 heavy (non-hydrogen) atoms. The van der Waals surface area contributed by atoms with Crippen LogP contribution < -0.4 is 10.6 Å². The van der Waals surface area contributed by atoms with Gasteiger partial charge in [0.2, 0.25) is 0 Å². The van der Waals surface area contributed by atoms with Crippen molar-refractivity contribution in [2.75, 3.05) is 19.3 Å². The van der Waals surface area contributed by atoms with Crippen LogP contribution in [0.4, 0.5) is 0 Å². The van der Waals surface area contributed by atoms with Crippen molar-refractivity contribution in [3.8, 4) is 0 Å². The van der Waals surface area contributed by atoms with E-state index in [9.17, 15) is 4.21 Å². The minimum absolute atomic E-state index is 0. The van der Waals surface area contributed by atoms with Crippen molar-refractivity contribution in [2.24, 2.45) is 4.99 Å². The largest absolute Gasteiger partial charge is 0.356 e. The lowest BCUT2D eigenvalue weighted by molar-refractivity contribution is 0.413. The van der Waals surface area contributed by atoms with Crippen LogP contribution >= 0.6 is 35.6 Å². The van der Waals surface area contributed by atoms with Crippen molar-refractivity contribution in [1.82, 2.24) is 10.6 Å². The summed E-state index contributed by atoms with van der Waals surface area (Å²) >= 11 is 6.01. The fraction of sp³-hybridized carbons (Fsp3) is 0.611. The number of aliphatic imine (C=N–C) groups is 1. The minimum atomic E-state index is -0.696. The van der Waals surface area contributed by atoms with Crippen molar-refractivity contribution in [3.63, 3.8) is 0 Å². The van der Waals surface area contributed by atoms with Gasteiger partial charge in [0, 0.05) is 46.5 Å². The van der Waals surface area contributed by atoms with E-state index in [2.05, 4.69) is 21.7 Å². The van der Waals surface area contributed by atoms with Gasteiger partial charge in [-0.3, -0.25) is 9.20 Å². The molecule has 0 aliphatic heterocycles. The van der Waals surface area contributed by atoms with E-state index < -0.39 is 10.8 Å². The first-order valence-corrected chi connectivity index (χ1v) is 10.5. The molecule has 1 aromatic rings. The summed E-state index contributed by atoms with van der Waals surface area (Å²) in [4.78, 5) is 4.31. The maximum atomic E-state index is 12.1. The SMILES string of the molecule is CCS(=O)C1CCCC(NC(=NC)NCCc2cccc(Cl)c2)C1.I. The predicted octanol–water partition coefficient (Wildman–Crippen LogP) is 3.75. The van der Waals surface area contributed by atoms with Crippen LogP contribution in [0.3, 0.4) is 0 Å². The first-order chi connectivity index (χ1) is 11.6. The molecule has 1 fully saturated rings. The van der Waals surface area contributed by atoms with E-state index >= 15 is 0 Å². The summed E-state index contributed by atoms with van der Waals surface area (Å²) in [5, 5.41) is 7.95. The van der Waals surface area contributed by atoms with Crippen LogP contribution in [0.1, 0.15) is 38.2 Å². The van der Waals surface area contributed by atoms with Gasteiger partial charge in [0.1, 0.15) is 0 Å². The smallest absolute Gasteiger partial charge is 0.191 e. The lowest BCUT2D eigenvalue weighted by Gasteiger charge is -2.30. The summed E-state index contributed by atoms with van der Waals surface area (Å²) < 4.78 is 12.1. The van der Waals surface area contributed by atoms with E-state index in [1.807, 2.05) is 25.1 Å². The highest BCUT2D eigenvalue weighted by molar-refractivity contribution is 14.0. The number of rotatable bonds is 6. The fourth-order valence-electron chi connectivity index (χ4n) is 3.16. The first-order valence-electron chi connectivity index (χ1n) is 8.71. The average Bonchev–Trinajstić information content (AvgIpc) is 2.60. The summed E-state index contributed by atoms with van der Waals surface area (Å²) in [5.41, 5.74) is 1.21. The zero-order valence-electron chi connectivity index (χ0n) is 15.0. The van der Waals surface area contributed by atoms with Gasteiger partial charge in [0.25, 0.3) is 0 Å². The molecule has 0 amide bonds. The summed E-state index contributed by atoms with van der Waals surface area (Å²) in [5.74, 6) is 1.58. The van der Waals surface area contributed by atoms with Crippen LogP contribution in [-0.4, -0.2) is 40.8 Å². The number of halogens is 2. The standard InChI is InChI=1S/C18H28ClN3OS.HI/c1-3-24(23)17-9-5-8-16(13-17)22-18(20-2)21-11-10-14-6-4-7-15(19)12-14;/h4,6-7,12,16-17H,3,5,8-11,13H2,1-2H3,(H2,20,21,22);1H. The molecule has 3 atom stereocenters. The van der Waals surface area contributed by atoms with E-state index in [0.29, 0.717) is 11.3 Å². The Morgan fingerprint density at radius 3 is 2.88 bits per heavy atom. The Bertz CT molecular complexity index is 585. The molecule has 2 rings (SSSR count). The van der Waals surface area contributed by atoms with Crippen molar-refractivity contribution >= 4 is 52.3 Å². The molecule has 0 spiro atoms. The van der Waals surface area contributed by atoms with Crippen molar-refractivity contribution in [1.29, 1.82) is 0 Å². The third-order valence-electron chi connectivity index (χ3n) is 4.44. The Morgan fingerprint density at radius 1 is 1.40 bits per heavy atom. The van der Waals surface area contributed by atoms with Crippen molar-refractivity contribution in [3.05, 3.63) is 34.9 Å².